The molecule has 1 aliphatic rings. The first-order valence-corrected chi connectivity index (χ1v) is 8.03. The van der Waals surface area contributed by atoms with Crippen LogP contribution in [0.3, 0.4) is 0 Å². The highest BCUT2D eigenvalue weighted by atomic mass is 35.5. The van der Waals surface area contributed by atoms with E-state index in [1.165, 1.54) is 30.2 Å². The third kappa shape index (κ3) is 3.61. The Bertz CT molecular complexity index is 643. The number of hydrogen-bond donors (Lipinski definition) is 1. The van der Waals surface area contributed by atoms with Gasteiger partial charge >= 0.3 is 0 Å². The molecule has 6 heteroatoms. The van der Waals surface area contributed by atoms with Crippen molar-refractivity contribution in [3.05, 3.63) is 39.6 Å². The van der Waals surface area contributed by atoms with Crippen molar-refractivity contribution in [1.82, 2.24) is 10.3 Å². The van der Waals surface area contributed by atoms with Crippen LogP contribution in [0, 0.1) is 5.82 Å². The summed E-state index contributed by atoms with van der Waals surface area (Å²) in [7, 11) is 1.64. The monoisotopic (exact) mass is 326 g/mol. The Labute approximate surface area is 132 Å². The van der Waals surface area contributed by atoms with Crippen molar-refractivity contribution in [1.29, 1.82) is 0 Å². The average Bonchev–Trinajstić information content (AvgIpc) is 3.21. The fourth-order valence-corrected chi connectivity index (χ4v) is 3.28. The fourth-order valence-electron chi connectivity index (χ4n) is 2.07. The van der Waals surface area contributed by atoms with Crippen LogP contribution in [0.25, 0.3) is 10.6 Å². The SMILES string of the molecule is COCc1nc(-c2cc(Cl)ccc2F)sc1CNC1CC1. The fraction of sp³-hybridized carbons (Fsp3) is 0.400. The average molecular weight is 327 g/mol. The minimum atomic E-state index is -0.307. The summed E-state index contributed by atoms with van der Waals surface area (Å²) in [5, 5.41) is 4.61. The number of benzene rings is 1. The maximum atomic E-state index is 14.0. The summed E-state index contributed by atoms with van der Waals surface area (Å²) in [6.07, 6.45) is 2.46. The largest absolute Gasteiger partial charge is 0.378 e. The molecular formula is C15H16ClFN2OS. The van der Waals surface area contributed by atoms with E-state index in [0.29, 0.717) is 28.2 Å². The first-order chi connectivity index (χ1) is 10.2. The van der Waals surface area contributed by atoms with Crippen molar-refractivity contribution in [3.63, 3.8) is 0 Å². The predicted molar refractivity (Wildman–Crippen MR) is 83.1 cm³/mol. The van der Waals surface area contributed by atoms with Gasteiger partial charge in [0.1, 0.15) is 10.8 Å². The zero-order valence-corrected chi connectivity index (χ0v) is 13.2. The standard InChI is InChI=1S/C15H16ClFN2OS/c1-20-8-13-14(7-18-10-3-4-10)21-15(19-13)11-6-9(16)2-5-12(11)17/h2,5-6,10,18H,3-4,7-8H2,1H3. The van der Waals surface area contributed by atoms with Gasteiger partial charge in [0, 0.05) is 35.2 Å². The Morgan fingerprint density at radius 3 is 3.00 bits per heavy atom. The molecule has 1 aliphatic carbocycles. The number of thiazole rings is 1. The molecule has 1 aromatic carbocycles. The van der Waals surface area contributed by atoms with Gasteiger partial charge in [0.25, 0.3) is 0 Å². The van der Waals surface area contributed by atoms with Crippen LogP contribution in [0.1, 0.15) is 23.4 Å². The molecule has 0 bridgehead atoms. The molecule has 0 unspecified atom stereocenters. The molecule has 0 radical (unpaired) electrons. The van der Waals surface area contributed by atoms with E-state index in [9.17, 15) is 4.39 Å². The van der Waals surface area contributed by atoms with E-state index >= 15 is 0 Å². The molecule has 3 nitrogen and oxygen atoms in total. The van der Waals surface area contributed by atoms with E-state index in [1.807, 2.05) is 0 Å². The van der Waals surface area contributed by atoms with E-state index in [0.717, 1.165) is 17.1 Å². The van der Waals surface area contributed by atoms with Crippen molar-refractivity contribution >= 4 is 22.9 Å². The Kier molecular flexibility index (Phi) is 4.54. The molecule has 3 rings (SSSR count). The lowest BCUT2D eigenvalue weighted by atomic mass is 10.2. The van der Waals surface area contributed by atoms with Gasteiger partial charge in [0.2, 0.25) is 0 Å². The maximum Gasteiger partial charge on any atom is 0.133 e. The summed E-state index contributed by atoms with van der Waals surface area (Å²) in [6.45, 7) is 1.18. The van der Waals surface area contributed by atoms with Gasteiger partial charge in [-0.1, -0.05) is 11.6 Å². The van der Waals surface area contributed by atoms with E-state index in [4.69, 9.17) is 16.3 Å². The summed E-state index contributed by atoms with van der Waals surface area (Å²) in [5.74, 6) is -0.307. The molecule has 1 heterocycles. The highest BCUT2D eigenvalue weighted by molar-refractivity contribution is 7.15. The summed E-state index contributed by atoms with van der Waals surface area (Å²) >= 11 is 7.45. The third-order valence-electron chi connectivity index (χ3n) is 3.35. The molecule has 1 N–H and O–H groups in total. The Morgan fingerprint density at radius 2 is 2.29 bits per heavy atom. The lowest BCUT2D eigenvalue weighted by molar-refractivity contribution is 0.181. The molecule has 21 heavy (non-hydrogen) atoms. The van der Waals surface area contributed by atoms with Crippen LogP contribution in [0.15, 0.2) is 18.2 Å². The van der Waals surface area contributed by atoms with Gasteiger partial charge in [-0.15, -0.1) is 11.3 Å². The van der Waals surface area contributed by atoms with Crippen LogP contribution in [-0.2, 0) is 17.9 Å². The van der Waals surface area contributed by atoms with Crippen molar-refractivity contribution in [2.24, 2.45) is 0 Å². The number of hydrogen-bond acceptors (Lipinski definition) is 4. The maximum absolute atomic E-state index is 14.0. The zero-order valence-electron chi connectivity index (χ0n) is 11.7. The number of nitrogens with one attached hydrogen (secondary N) is 1. The molecule has 0 saturated heterocycles. The van der Waals surface area contributed by atoms with Gasteiger partial charge in [-0.2, -0.15) is 0 Å². The van der Waals surface area contributed by atoms with Gasteiger partial charge in [-0.05, 0) is 31.0 Å². The smallest absolute Gasteiger partial charge is 0.133 e. The second kappa shape index (κ2) is 6.40. The first kappa shape index (κ1) is 14.9. The molecule has 112 valence electrons. The second-order valence-corrected chi connectivity index (χ2v) is 6.62. The van der Waals surface area contributed by atoms with Gasteiger partial charge in [0.05, 0.1) is 12.3 Å². The topological polar surface area (TPSA) is 34.1 Å². The van der Waals surface area contributed by atoms with E-state index in [1.54, 1.807) is 19.2 Å². The summed E-state index contributed by atoms with van der Waals surface area (Å²) in [6, 6.07) is 5.15. The molecule has 0 aliphatic heterocycles. The predicted octanol–water partition coefficient (Wildman–Crippen LogP) is 4.00. The third-order valence-corrected chi connectivity index (χ3v) is 4.71. The first-order valence-electron chi connectivity index (χ1n) is 6.83. The molecule has 0 spiro atoms. The lowest BCUT2D eigenvalue weighted by Gasteiger charge is -2.02. The minimum Gasteiger partial charge on any atom is -0.378 e. The molecular weight excluding hydrogens is 311 g/mol. The molecule has 0 amide bonds. The Balaban J connectivity index is 1.90. The number of rotatable bonds is 6. The molecule has 0 atom stereocenters. The van der Waals surface area contributed by atoms with Gasteiger partial charge in [0.15, 0.2) is 0 Å². The van der Waals surface area contributed by atoms with Gasteiger partial charge in [-0.3, -0.25) is 0 Å². The number of methoxy groups -OCH3 is 1. The molecule has 1 aromatic heterocycles. The highest BCUT2D eigenvalue weighted by Gasteiger charge is 2.22. The summed E-state index contributed by atoms with van der Waals surface area (Å²) in [5.41, 5.74) is 1.31. The summed E-state index contributed by atoms with van der Waals surface area (Å²) < 4.78 is 19.2. The van der Waals surface area contributed by atoms with Crippen LogP contribution >= 0.6 is 22.9 Å². The van der Waals surface area contributed by atoms with Crippen molar-refractivity contribution < 1.29 is 9.13 Å². The van der Waals surface area contributed by atoms with Crippen LogP contribution < -0.4 is 5.32 Å². The molecule has 1 saturated carbocycles. The molecule has 2 aromatic rings. The van der Waals surface area contributed by atoms with Crippen LogP contribution in [0.4, 0.5) is 4.39 Å². The number of aromatic nitrogens is 1. The zero-order chi connectivity index (χ0) is 14.8. The van der Waals surface area contributed by atoms with E-state index in [-0.39, 0.29) is 5.82 Å². The quantitative estimate of drug-likeness (QED) is 0.871. The highest BCUT2D eigenvalue weighted by Crippen LogP contribution is 2.32. The molecule has 1 fully saturated rings. The number of nitrogens with zero attached hydrogens (tertiary/aromatic N) is 1. The van der Waals surface area contributed by atoms with Crippen LogP contribution in [-0.4, -0.2) is 18.1 Å². The second-order valence-electron chi connectivity index (χ2n) is 5.10. The van der Waals surface area contributed by atoms with Crippen molar-refractivity contribution in [3.8, 4) is 10.6 Å². The Morgan fingerprint density at radius 1 is 1.48 bits per heavy atom. The summed E-state index contributed by atoms with van der Waals surface area (Å²) in [4.78, 5) is 5.62. The normalized spacial score (nSPS) is 14.6. The van der Waals surface area contributed by atoms with Gasteiger partial charge in [-0.25, -0.2) is 9.37 Å². The van der Waals surface area contributed by atoms with Crippen LogP contribution in [0.2, 0.25) is 5.02 Å². The van der Waals surface area contributed by atoms with Gasteiger partial charge < -0.3 is 10.1 Å². The van der Waals surface area contributed by atoms with E-state index in [2.05, 4.69) is 10.3 Å². The number of ether oxygens (including phenoxy) is 1. The van der Waals surface area contributed by atoms with Crippen LogP contribution in [0.5, 0.6) is 0 Å². The van der Waals surface area contributed by atoms with E-state index < -0.39 is 0 Å². The minimum absolute atomic E-state index is 0.307. The van der Waals surface area contributed by atoms with Crippen molar-refractivity contribution in [2.75, 3.05) is 7.11 Å². The lowest BCUT2D eigenvalue weighted by Crippen LogP contribution is -2.15. The number of halogens is 2. The Hall–Kier alpha value is -1.01. The van der Waals surface area contributed by atoms with Crippen molar-refractivity contribution in [2.45, 2.75) is 32.0 Å².